The Balaban J connectivity index is 1.70. The third-order valence-electron chi connectivity index (χ3n) is 5.56. The number of amides is 1. The molecule has 154 valence electrons. The van der Waals surface area contributed by atoms with Gasteiger partial charge in [-0.05, 0) is 67.9 Å². The molecule has 1 aliphatic heterocycles. The van der Waals surface area contributed by atoms with Crippen LogP contribution in [0.5, 0.6) is 11.5 Å². The van der Waals surface area contributed by atoms with Gasteiger partial charge < -0.3 is 19.7 Å². The van der Waals surface area contributed by atoms with Crippen LogP contribution in [0.2, 0.25) is 0 Å². The summed E-state index contributed by atoms with van der Waals surface area (Å²) >= 11 is 0. The van der Waals surface area contributed by atoms with Gasteiger partial charge in [0, 0.05) is 28.5 Å². The van der Waals surface area contributed by atoms with Crippen LogP contribution in [-0.2, 0) is 0 Å². The topological polar surface area (TPSA) is 50.8 Å². The molecule has 0 spiro atoms. The van der Waals surface area contributed by atoms with Gasteiger partial charge in [-0.15, -0.1) is 0 Å². The maximum absolute atomic E-state index is 13.3. The Morgan fingerprint density at radius 3 is 2.27 bits per heavy atom. The summed E-state index contributed by atoms with van der Waals surface area (Å²) in [5.41, 5.74) is 3.65. The highest BCUT2D eigenvalue weighted by atomic mass is 16.5. The van der Waals surface area contributed by atoms with Gasteiger partial charge in [-0.25, -0.2) is 0 Å². The lowest BCUT2D eigenvalue weighted by atomic mass is 9.90. The van der Waals surface area contributed by atoms with Crippen LogP contribution in [0.3, 0.4) is 0 Å². The number of rotatable bonds is 5. The molecule has 0 bridgehead atoms. The number of nitrogens with zero attached hydrogens (tertiary/aromatic N) is 1. The van der Waals surface area contributed by atoms with E-state index in [1.165, 1.54) is 0 Å². The molecule has 2 atom stereocenters. The van der Waals surface area contributed by atoms with E-state index in [0.29, 0.717) is 5.56 Å². The largest absolute Gasteiger partial charge is 0.497 e. The fourth-order valence-electron chi connectivity index (χ4n) is 4.02. The maximum atomic E-state index is 13.3. The van der Waals surface area contributed by atoms with Gasteiger partial charge in [-0.3, -0.25) is 4.79 Å². The number of carbonyl (C=O) groups is 1. The molecule has 30 heavy (non-hydrogen) atoms. The van der Waals surface area contributed by atoms with Gasteiger partial charge in [0.15, 0.2) is 0 Å². The third kappa shape index (κ3) is 3.83. The first-order chi connectivity index (χ1) is 14.6. The van der Waals surface area contributed by atoms with Crippen LogP contribution in [0.15, 0.2) is 72.8 Å². The van der Waals surface area contributed by atoms with E-state index >= 15 is 0 Å². The zero-order valence-corrected chi connectivity index (χ0v) is 17.5. The van der Waals surface area contributed by atoms with Crippen LogP contribution in [0.4, 0.5) is 11.4 Å². The summed E-state index contributed by atoms with van der Waals surface area (Å²) in [5, 5.41) is 3.62. The van der Waals surface area contributed by atoms with Crippen molar-refractivity contribution in [1.29, 1.82) is 0 Å². The number of hydrogen-bond acceptors (Lipinski definition) is 4. The lowest BCUT2D eigenvalue weighted by Gasteiger charge is -2.40. The molecule has 5 nitrogen and oxygen atoms in total. The summed E-state index contributed by atoms with van der Waals surface area (Å²) in [6, 6.07) is 23.3. The Labute approximate surface area is 177 Å². The maximum Gasteiger partial charge on any atom is 0.258 e. The van der Waals surface area contributed by atoms with Gasteiger partial charge in [0.05, 0.1) is 20.3 Å². The molecule has 1 amide bonds. The Morgan fingerprint density at radius 2 is 1.60 bits per heavy atom. The molecule has 0 unspecified atom stereocenters. The molecule has 0 fully saturated rings. The second-order valence-corrected chi connectivity index (χ2v) is 7.48. The predicted molar refractivity (Wildman–Crippen MR) is 120 cm³/mol. The van der Waals surface area contributed by atoms with E-state index in [1.54, 1.807) is 14.2 Å². The van der Waals surface area contributed by atoms with E-state index in [0.717, 1.165) is 34.9 Å². The summed E-state index contributed by atoms with van der Waals surface area (Å²) in [5.74, 6) is 1.61. The third-order valence-corrected chi connectivity index (χ3v) is 5.56. The van der Waals surface area contributed by atoms with E-state index < -0.39 is 0 Å². The fraction of sp³-hybridized carbons (Fsp3) is 0.240. The molecule has 0 aliphatic carbocycles. The van der Waals surface area contributed by atoms with Crippen molar-refractivity contribution < 1.29 is 14.3 Å². The highest BCUT2D eigenvalue weighted by Gasteiger charge is 2.34. The second kappa shape index (κ2) is 8.49. The highest BCUT2D eigenvalue weighted by Crippen LogP contribution is 2.41. The van der Waals surface area contributed by atoms with Gasteiger partial charge in [0.1, 0.15) is 11.5 Å². The zero-order valence-electron chi connectivity index (χ0n) is 17.5. The van der Waals surface area contributed by atoms with Crippen molar-refractivity contribution in [1.82, 2.24) is 0 Å². The molecule has 0 aromatic heterocycles. The van der Waals surface area contributed by atoms with Crippen LogP contribution in [0, 0.1) is 0 Å². The summed E-state index contributed by atoms with van der Waals surface area (Å²) in [6.45, 7) is 2.09. The highest BCUT2D eigenvalue weighted by molar-refractivity contribution is 6.07. The fourth-order valence-corrected chi connectivity index (χ4v) is 4.02. The Hall–Kier alpha value is -3.47. The zero-order chi connectivity index (χ0) is 21.1. The normalized spacial score (nSPS) is 17.8. The molecule has 0 saturated carbocycles. The second-order valence-electron chi connectivity index (χ2n) is 7.48. The SMILES string of the molecule is COc1ccc(N[C@H]2C[C@@H](C)N(C(=O)c3ccccc3)c3ccc(OC)cc32)cc1. The van der Waals surface area contributed by atoms with Crippen LogP contribution in [-0.4, -0.2) is 26.2 Å². The van der Waals surface area contributed by atoms with Crippen LogP contribution in [0.25, 0.3) is 0 Å². The monoisotopic (exact) mass is 402 g/mol. The summed E-state index contributed by atoms with van der Waals surface area (Å²) in [7, 11) is 3.32. The van der Waals surface area contributed by atoms with Gasteiger partial charge >= 0.3 is 0 Å². The first kappa shape index (κ1) is 19.8. The number of benzene rings is 3. The number of nitrogens with one attached hydrogen (secondary N) is 1. The molecule has 0 saturated heterocycles. The molecule has 3 aromatic rings. The first-order valence-corrected chi connectivity index (χ1v) is 10.1. The average Bonchev–Trinajstić information content (AvgIpc) is 2.79. The molecule has 4 rings (SSSR count). The number of carbonyl (C=O) groups excluding carboxylic acids is 1. The number of fused-ring (bicyclic) bond motifs is 1. The molecular formula is C25H26N2O3. The molecule has 1 heterocycles. The lowest BCUT2D eigenvalue weighted by Crippen LogP contribution is -2.44. The first-order valence-electron chi connectivity index (χ1n) is 10.1. The smallest absolute Gasteiger partial charge is 0.258 e. The number of methoxy groups -OCH3 is 2. The Morgan fingerprint density at radius 1 is 0.933 bits per heavy atom. The number of hydrogen-bond donors (Lipinski definition) is 1. The quantitative estimate of drug-likeness (QED) is 0.629. The van der Waals surface area contributed by atoms with Crippen molar-refractivity contribution in [3.63, 3.8) is 0 Å². The summed E-state index contributed by atoms with van der Waals surface area (Å²) in [4.78, 5) is 15.2. The van der Waals surface area contributed by atoms with E-state index in [2.05, 4.69) is 12.2 Å². The lowest BCUT2D eigenvalue weighted by molar-refractivity contribution is 0.0974. The summed E-state index contributed by atoms with van der Waals surface area (Å²) < 4.78 is 10.7. The summed E-state index contributed by atoms with van der Waals surface area (Å²) in [6.07, 6.45) is 0.783. The minimum absolute atomic E-state index is 0.0115. The van der Waals surface area contributed by atoms with E-state index in [4.69, 9.17) is 9.47 Å². The van der Waals surface area contributed by atoms with Gasteiger partial charge in [0.25, 0.3) is 5.91 Å². The Kier molecular flexibility index (Phi) is 5.61. The average molecular weight is 402 g/mol. The van der Waals surface area contributed by atoms with E-state index in [-0.39, 0.29) is 18.0 Å². The molecule has 5 heteroatoms. The molecule has 1 aliphatic rings. The van der Waals surface area contributed by atoms with Gasteiger partial charge in [0.2, 0.25) is 0 Å². The van der Waals surface area contributed by atoms with Crippen molar-refractivity contribution in [3.8, 4) is 11.5 Å². The van der Waals surface area contributed by atoms with Crippen LogP contribution < -0.4 is 19.7 Å². The standard InChI is InChI=1S/C25H26N2O3/c1-17-15-23(26-19-9-11-20(29-2)12-10-19)22-16-21(30-3)13-14-24(22)27(17)25(28)18-7-5-4-6-8-18/h4-14,16-17,23,26H,15H2,1-3H3/t17-,23+/m1/s1. The molecule has 0 radical (unpaired) electrons. The van der Waals surface area contributed by atoms with E-state index in [9.17, 15) is 4.79 Å². The Bertz CT molecular complexity index is 1020. The van der Waals surface area contributed by atoms with Crippen LogP contribution >= 0.6 is 0 Å². The molecular weight excluding hydrogens is 376 g/mol. The van der Waals surface area contributed by atoms with Gasteiger partial charge in [-0.1, -0.05) is 18.2 Å². The minimum atomic E-state index is 0.0115. The van der Waals surface area contributed by atoms with Gasteiger partial charge in [-0.2, -0.15) is 0 Å². The number of anilines is 2. The van der Waals surface area contributed by atoms with Crippen molar-refractivity contribution >= 4 is 17.3 Å². The number of ether oxygens (including phenoxy) is 2. The molecule has 3 aromatic carbocycles. The van der Waals surface area contributed by atoms with Crippen molar-refractivity contribution in [3.05, 3.63) is 83.9 Å². The van der Waals surface area contributed by atoms with E-state index in [1.807, 2.05) is 77.7 Å². The van der Waals surface area contributed by atoms with Crippen molar-refractivity contribution in [2.45, 2.75) is 25.4 Å². The molecule has 1 N–H and O–H groups in total. The predicted octanol–water partition coefficient (Wildman–Crippen LogP) is 5.30. The minimum Gasteiger partial charge on any atom is -0.497 e. The van der Waals surface area contributed by atoms with Crippen LogP contribution in [0.1, 0.15) is 35.3 Å². The van der Waals surface area contributed by atoms with Crippen molar-refractivity contribution in [2.24, 2.45) is 0 Å². The van der Waals surface area contributed by atoms with Crippen molar-refractivity contribution in [2.75, 3.05) is 24.4 Å².